The number of hydrogen-bond acceptors (Lipinski definition) is 4. The van der Waals surface area contributed by atoms with Crippen LogP contribution in [0.3, 0.4) is 0 Å². The Morgan fingerprint density at radius 1 is 1.24 bits per heavy atom. The van der Waals surface area contributed by atoms with Crippen LogP contribution in [-0.4, -0.2) is 35.4 Å². The summed E-state index contributed by atoms with van der Waals surface area (Å²) in [6.07, 6.45) is 0.195. The molecule has 0 fully saturated rings. The van der Waals surface area contributed by atoms with Crippen LogP contribution in [0.25, 0.3) is 0 Å². The fourth-order valence-electron chi connectivity index (χ4n) is 1.53. The molecule has 1 aromatic rings. The van der Waals surface area contributed by atoms with Gasteiger partial charge in [0.05, 0.1) is 25.7 Å². The third-order valence-corrected chi connectivity index (χ3v) is 2.51. The van der Waals surface area contributed by atoms with Crippen molar-refractivity contribution in [1.29, 1.82) is 0 Å². The van der Waals surface area contributed by atoms with Gasteiger partial charge in [-0.1, -0.05) is 24.3 Å². The molecule has 0 saturated heterocycles. The van der Waals surface area contributed by atoms with E-state index in [1.54, 1.807) is 0 Å². The minimum Gasteiger partial charge on any atom is -0.395 e. The molecule has 0 aliphatic carbocycles. The van der Waals surface area contributed by atoms with E-state index in [0.29, 0.717) is 6.54 Å². The molecular formula is C12H18N2O3. The summed E-state index contributed by atoms with van der Waals surface area (Å²) in [4.78, 5) is 10.9. The van der Waals surface area contributed by atoms with Gasteiger partial charge in [0.25, 0.3) is 0 Å². The Morgan fingerprint density at radius 3 is 2.35 bits per heavy atom. The molecule has 0 bridgehead atoms. The first kappa shape index (κ1) is 13.6. The van der Waals surface area contributed by atoms with E-state index >= 15 is 0 Å². The average Bonchev–Trinajstić information content (AvgIpc) is 2.31. The minimum absolute atomic E-state index is 0.130. The number of carbonyl (C=O) groups excluding carboxylic acids is 1. The van der Waals surface area contributed by atoms with Crippen LogP contribution in [0.4, 0.5) is 0 Å². The third kappa shape index (κ3) is 4.52. The highest BCUT2D eigenvalue weighted by molar-refractivity contribution is 5.76. The smallest absolute Gasteiger partial charge is 0.221 e. The third-order valence-electron chi connectivity index (χ3n) is 2.51. The molecule has 1 aromatic carbocycles. The second kappa shape index (κ2) is 7.01. The summed E-state index contributed by atoms with van der Waals surface area (Å²) in [5, 5.41) is 20.8. The fraction of sp³-hybridized carbons (Fsp3) is 0.417. The van der Waals surface area contributed by atoms with E-state index < -0.39 is 0 Å². The number of primary amides is 1. The molecule has 1 rings (SSSR count). The topological polar surface area (TPSA) is 95.6 Å². The molecule has 0 atom stereocenters. The largest absolute Gasteiger partial charge is 0.395 e. The zero-order valence-corrected chi connectivity index (χ0v) is 9.60. The summed E-state index contributed by atoms with van der Waals surface area (Å²) in [5.74, 6) is -0.377. The number of benzene rings is 1. The second-order valence-electron chi connectivity index (χ2n) is 3.85. The molecular weight excluding hydrogens is 220 g/mol. The lowest BCUT2D eigenvalue weighted by molar-refractivity contribution is -0.117. The number of hydrogen-bond donors (Lipinski definition) is 4. The summed E-state index contributed by atoms with van der Waals surface area (Å²) in [6, 6.07) is 7.09. The highest BCUT2D eigenvalue weighted by Gasteiger charge is 2.08. The molecule has 0 unspecified atom stereocenters. The maximum Gasteiger partial charge on any atom is 0.221 e. The first-order chi connectivity index (χ1) is 8.17. The second-order valence-corrected chi connectivity index (χ2v) is 3.85. The van der Waals surface area contributed by atoms with Gasteiger partial charge >= 0.3 is 0 Å². The first-order valence-electron chi connectivity index (χ1n) is 5.47. The monoisotopic (exact) mass is 238 g/mol. The number of aliphatic hydroxyl groups excluding tert-OH is 2. The van der Waals surface area contributed by atoms with Crippen LogP contribution < -0.4 is 11.1 Å². The first-order valence-corrected chi connectivity index (χ1v) is 5.47. The predicted octanol–water partition coefficient (Wildman–Crippen LogP) is -0.843. The van der Waals surface area contributed by atoms with Crippen LogP contribution >= 0.6 is 0 Å². The molecule has 0 aliphatic heterocycles. The van der Waals surface area contributed by atoms with E-state index in [-0.39, 0.29) is 31.6 Å². The van der Waals surface area contributed by atoms with Gasteiger partial charge < -0.3 is 21.3 Å². The Morgan fingerprint density at radius 2 is 1.82 bits per heavy atom. The zero-order valence-electron chi connectivity index (χ0n) is 9.60. The molecule has 17 heavy (non-hydrogen) atoms. The van der Waals surface area contributed by atoms with Crippen molar-refractivity contribution in [1.82, 2.24) is 5.32 Å². The summed E-state index contributed by atoms with van der Waals surface area (Å²) in [5.41, 5.74) is 6.97. The Bertz CT molecular complexity index is 365. The molecule has 5 N–H and O–H groups in total. The Balaban J connectivity index is 2.66. The van der Waals surface area contributed by atoms with Crippen molar-refractivity contribution >= 4 is 5.91 Å². The lowest BCUT2D eigenvalue weighted by atomic mass is 10.0. The number of nitrogens with two attached hydrogens (primary N) is 1. The molecule has 0 heterocycles. The number of amides is 1. The lowest BCUT2D eigenvalue weighted by Crippen LogP contribution is -2.35. The van der Waals surface area contributed by atoms with Crippen molar-refractivity contribution in [3.8, 4) is 0 Å². The molecule has 5 nitrogen and oxygen atoms in total. The van der Waals surface area contributed by atoms with Gasteiger partial charge in [0.2, 0.25) is 5.91 Å². The van der Waals surface area contributed by atoms with Crippen LogP contribution in [0.5, 0.6) is 0 Å². The highest BCUT2D eigenvalue weighted by Crippen LogP contribution is 2.09. The average molecular weight is 238 g/mol. The summed E-state index contributed by atoms with van der Waals surface area (Å²) in [7, 11) is 0. The predicted molar refractivity (Wildman–Crippen MR) is 64.1 cm³/mol. The standard InChI is InChI=1S/C12H18N2O3/c13-12(17)5-9-3-1-2-4-10(9)6-14-11(7-15)8-16/h1-4,11,14-16H,5-8H2,(H2,13,17). The molecule has 1 amide bonds. The number of aliphatic hydroxyl groups is 2. The van der Waals surface area contributed by atoms with Gasteiger partial charge in [-0.05, 0) is 11.1 Å². The van der Waals surface area contributed by atoms with Crippen LogP contribution in [0, 0.1) is 0 Å². The fourth-order valence-corrected chi connectivity index (χ4v) is 1.53. The maximum absolute atomic E-state index is 10.9. The molecule has 5 heteroatoms. The maximum atomic E-state index is 10.9. The summed E-state index contributed by atoms with van der Waals surface area (Å²) >= 11 is 0. The Hall–Kier alpha value is -1.43. The Kier molecular flexibility index (Phi) is 5.62. The van der Waals surface area contributed by atoms with Crippen LogP contribution in [0.1, 0.15) is 11.1 Å². The minimum atomic E-state index is -0.377. The molecule has 0 aromatic heterocycles. The quantitative estimate of drug-likeness (QED) is 0.498. The van der Waals surface area contributed by atoms with Gasteiger partial charge in [0.1, 0.15) is 0 Å². The molecule has 0 radical (unpaired) electrons. The van der Waals surface area contributed by atoms with Gasteiger partial charge in [-0.15, -0.1) is 0 Å². The number of rotatable bonds is 7. The molecule has 94 valence electrons. The van der Waals surface area contributed by atoms with E-state index in [9.17, 15) is 4.79 Å². The van der Waals surface area contributed by atoms with Crippen molar-refractivity contribution in [2.75, 3.05) is 13.2 Å². The van der Waals surface area contributed by atoms with Crippen molar-refractivity contribution < 1.29 is 15.0 Å². The van der Waals surface area contributed by atoms with Crippen LogP contribution in [-0.2, 0) is 17.8 Å². The summed E-state index contributed by atoms with van der Waals surface area (Å²) in [6.45, 7) is 0.220. The Labute approximate surface area is 100 Å². The van der Waals surface area contributed by atoms with Gasteiger partial charge in [-0.2, -0.15) is 0 Å². The normalized spacial score (nSPS) is 10.8. The van der Waals surface area contributed by atoms with Gasteiger partial charge in [-0.25, -0.2) is 0 Å². The molecule has 0 saturated carbocycles. The number of carbonyl (C=O) groups is 1. The highest BCUT2D eigenvalue weighted by atomic mass is 16.3. The van der Waals surface area contributed by atoms with Gasteiger partial charge in [0.15, 0.2) is 0 Å². The van der Waals surface area contributed by atoms with Crippen molar-refractivity contribution in [2.45, 2.75) is 19.0 Å². The molecule has 0 spiro atoms. The van der Waals surface area contributed by atoms with Crippen molar-refractivity contribution in [2.24, 2.45) is 5.73 Å². The molecule has 0 aliphatic rings. The summed E-state index contributed by atoms with van der Waals surface area (Å²) < 4.78 is 0. The number of nitrogens with one attached hydrogen (secondary N) is 1. The van der Waals surface area contributed by atoms with E-state index in [2.05, 4.69) is 5.32 Å². The van der Waals surface area contributed by atoms with Crippen molar-refractivity contribution in [3.05, 3.63) is 35.4 Å². The van der Waals surface area contributed by atoms with E-state index in [1.165, 1.54) is 0 Å². The van der Waals surface area contributed by atoms with Crippen LogP contribution in [0.2, 0.25) is 0 Å². The SMILES string of the molecule is NC(=O)Cc1ccccc1CNC(CO)CO. The van der Waals surface area contributed by atoms with Gasteiger partial charge in [0, 0.05) is 6.54 Å². The van der Waals surface area contributed by atoms with Crippen molar-refractivity contribution in [3.63, 3.8) is 0 Å². The van der Waals surface area contributed by atoms with E-state index in [0.717, 1.165) is 11.1 Å². The van der Waals surface area contributed by atoms with E-state index in [4.69, 9.17) is 15.9 Å². The van der Waals surface area contributed by atoms with E-state index in [1.807, 2.05) is 24.3 Å². The lowest BCUT2D eigenvalue weighted by Gasteiger charge is -2.15. The van der Waals surface area contributed by atoms with Crippen LogP contribution in [0.15, 0.2) is 24.3 Å². The zero-order chi connectivity index (χ0) is 12.7. The van der Waals surface area contributed by atoms with Gasteiger partial charge in [-0.3, -0.25) is 4.79 Å².